The number of pyridine rings is 1. The SMILES string of the molecule is CC(c1ccc(C(F)(F)F)nc1)n1nc2n(c1=O)C(C(=O)O)CCC2. The molecule has 1 aliphatic rings. The normalized spacial score (nSPS) is 18.6. The number of carbonyl (C=O) groups is 1. The summed E-state index contributed by atoms with van der Waals surface area (Å²) in [5.41, 5.74) is -1.24. The van der Waals surface area contributed by atoms with E-state index in [9.17, 15) is 27.9 Å². The zero-order valence-electron chi connectivity index (χ0n) is 13.2. The van der Waals surface area contributed by atoms with Crippen molar-refractivity contribution in [3.05, 3.63) is 45.9 Å². The van der Waals surface area contributed by atoms with E-state index in [-0.39, 0.29) is 0 Å². The fourth-order valence-corrected chi connectivity index (χ4v) is 2.95. The first-order valence-electron chi connectivity index (χ1n) is 7.66. The van der Waals surface area contributed by atoms with Gasteiger partial charge in [-0.2, -0.15) is 18.3 Å². The number of carboxylic acid groups (broad SMARTS) is 1. The van der Waals surface area contributed by atoms with Gasteiger partial charge in [-0.3, -0.25) is 9.55 Å². The van der Waals surface area contributed by atoms with Gasteiger partial charge in [0.1, 0.15) is 17.6 Å². The van der Waals surface area contributed by atoms with E-state index in [2.05, 4.69) is 10.1 Å². The highest BCUT2D eigenvalue weighted by Gasteiger charge is 2.33. The first-order chi connectivity index (χ1) is 11.7. The van der Waals surface area contributed by atoms with Crippen LogP contribution in [-0.4, -0.2) is 30.4 Å². The van der Waals surface area contributed by atoms with Crippen molar-refractivity contribution in [2.45, 2.75) is 44.4 Å². The average molecular weight is 356 g/mol. The molecule has 0 amide bonds. The highest BCUT2D eigenvalue weighted by Crippen LogP contribution is 2.28. The lowest BCUT2D eigenvalue weighted by molar-refractivity contribution is -0.142. The van der Waals surface area contributed by atoms with Crippen LogP contribution in [0.1, 0.15) is 48.9 Å². The van der Waals surface area contributed by atoms with Crippen molar-refractivity contribution in [2.24, 2.45) is 0 Å². The van der Waals surface area contributed by atoms with E-state index in [0.29, 0.717) is 30.7 Å². The Morgan fingerprint density at radius 2 is 2.12 bits per heavy atom. The second-order valence-corrected chi connectivity index (χ2v) is 5.91. The molecule has 0 radical (unpaired) electrons. The quantitative estimate of drug-likeness (QED) is 0.909. The van der Waals surface area contributed by atoms with Crippen molar-refractivity contribution >= 4 is 5.97 Å². The Labute approximate surface area is 139 Å². The lowest BCUT2D eigenvalue weighted by Gasteiger charge is -2.19. The van der Waals surface area contributed by atoms with E-state index in [1.54, 1.807) is 6.92 Å². The molecule has 0 bridgehead atoms. The van der Waals surface area contributed by atoms with Gasteiger partial charge in [-0.05, 0) is 31.4 Å². The number of aromatic nitrogens is 4. The highest BCUT2D eigenvalue weighted by atomic mass is 19.4. The third-order valence-electron chi connectivity index (χ3n) is 4.30. The molecule has 2 aromatic rings. The van der Waals surface area contributed by atoms with Crippen molar-refractivity contribution in [3.8, 4) is 0 Å². The number of alkyl halides is 3. The molecule has 7 nitrogen and oxygen atoms in total. The molecule has 0 saturated carbocycles. The van der Waals surface area contributed by atoms with Crippen LogP contribution >= 0.6 is 0 Å². The molecular formula is C15H15F3N4O3. The summed E-state index contributed by atoms with van der Waals surface area (Å²) in [4.78, 5) is 27.3. The maximum atomic E-state index is 12.6. The maximum absolute atomic E-state index is 12.6. The molecule has 1 N–H and O–H groups in total. The third kappa shape index (κ3) is 3.03. The Morgan fingerprint density at radius 1 is 1.40 bits per heavy atom. The Morgan fingerprint density at radius 3 is 2.68 bits per heavy atom. The number of fused-ring (bicyclic) bond motifs is 1. The molecule has 10 heteroatoms. The van der Waals surface area contributed by atoms with Gasteiger partial charge in [0.05, 0.1) is 6.04 Å². The van der Waals surface area contributed by atoms with Crippen LogP contribution in [0, 0.1) is 0 Å². The molecular weight excluding hydrogens is 341 g/mol. The number of aryl methyl sites for hydroxylation is 1. The minimum Gasteiger partial charge on any atom is -0.480 e. The number of carboxylic acids is 1. The van der Waals surface area contributed by atoms with Crippen molar-refractivity contribution in [1.82, 2.24) is 19.3 Å². The zero-order chi connectivity index (χ0) is 18.4. The third-order valence-corrected chi connectivity index (χ3v) is 4.30. The summed E-state index contributed by atoms with van der Waals surface area (Å²) in [7, 11) is 0. The number of hydrogen-bond donors (Lipinski definition) is 1. The smallest absolute Gasteiger partial charge is 0.433 e. The fraction of sp³-hybridized carbons (Fsp3) is 0.467. The molecule has 0 saturated heterocycles. The van der Waals surface area contributed by atoms with Crippen LogP contribution in [-0.2, 0) is 17.4 Å². The van der Waals surface area contributed by atoms with Crippen LogP contribution in [0.4, 0.5) is 13.2 Å². The Balaban J connectivity index is 1.97. The molecule has 3 rings (SSSR count). The standard InChI is InChI=1S/C15H15F3N4O3/c1-8(9-5-6-11(19-7-9)15(16,17)18)22-14(25)21-10(13(23)24)3-2-4-12(21)20-22/h5-8,10H,2-4H2,1H3,(H,23,24). The molecule has 0 fully saturated rings. The topological polar surface area (TPSA) is 90.0 Å². The highest BCUT2D eigenvalue weighted by molar-refractivity contribution is 5.72. The summed E-state index contributed by atoms with van der Waals surface area (Å²) in [5, 5.41) is 13.5. The monoisotopic (exact) mass is 356 g/mol. The van der Waals surface area contributed by atoms with Gasteiger partial charge in [0, 0.05) is 12.6 Å². The molecule has 0 aliphatic carbocycles. The van der Waals surface area contributed by atoms with Crippen LogP contribution in [0.3, 0.4) is 0 Å². The van der Waals surface area contributed by atoms with Crippen LogP contribution in [0.5, 0.6) is 0 Å². The molecule has 1 aliphatic heterocycles. The van der Waals surface area contributed by atoms with Crippen LogP contribution < -0.4 is 5.69 Å². The fourth-order valence-electron chi connectivity index (χ4n) is 2.95. The van der Waals surface area contributed by atoms with E-state index in [0.717, 1.165) is 21.5 Å². The minimum absolute atomic E-state index is 0.337. The van der Waals surface area contributed by atoms with Crippen molar-refractivity contribution in [3.63, 3.8) is 0 Å². The average Bonchev–Trinajstić information content (AvgIpc) is 2.90. The summed E-state index contributed by atoms with van der Waals surface area (Å²) in [6.07, 6.45) is -2.08. The molecule has 25 heavy (non-hydrogen) atoms. The van der Waals surface area contributed by atoms with E-state index < -0.39 is 35.6 Å². The second kappa shape index (κ2) is 6.01. The molecule has 2 unspecified atom stereocenters. The van der Waals surface area contributed by atoms with Gasteiger partial charge < -0.3 is 5.11 Å². The molecule has 2 atom stereocenters. The lowest BCUT2D eigenvalue weighted by atomic mass is 10.1. The van der Waals surface area contributed by atoms with Crippen molar-refractivity contribution in [2.75, 3.05) is 0 Å². The number of hydrogen-bond acceptors (Lipinski definition) is 4. The van der Waals surface area contributed by atoms with E-state index in [1.807, 2.05) is 0 Å². The largest absolute Gasteiger partial charge is 0.480 e. The summed E-state index contributed by atoms with van der Waals surface area (Å²) in [5.74, 6) is -0.734. The van der Waals surface area contributed by atoms with Crippen LogP contribution in [0.25, 0.3) is 0 Å². The van der Waals surface area contributed by atoms with Gasteiger partial charge in [0.15, 0.2) is 0 Å². The summed E-state index contributed by atoms with van der Waals surface area (Å²) in [6, 6.07) is 0.435. The predicted octanol–water partition coefficient (Wildman–Crippen LogP) is 2.03. The van der Waals surface area contributed by atoms with Crippen molar-refractivity contribution < 1.29 is 23.1 Å². The Bertz CT molecular complexity index is 854. The number of aliphatic carboxylic acids is 1. The van der Waals surface area contributed by atoms with E-state index in [1.165, 1.54) is 6.07 Å². The van der Waals surface area contributed by atoms with Gasteiger partial charge in [-0.25, -0.2) is 14.3 Å². The predicted molar refractivity (Wildman–Crippen MR) is 79.1 cm³/mol. The van der Waals surface area contributed by atoms with E-state index in [4.69, 9.17) is 0 Å². The lowest BCUT2D eigenvalue weighted by Crippen LogP contribution is -2.35. The van der Waals surface area contributed by atoms with Crippen LogP contribution in [0.15, 0.2) is 23.1 Å². The Kier molecular flexibility index (Phi) is 4.13. The number of nitrogens with zero attached hydrogens (tertiary/aromatic N) is 4. The maximum Gasteiger partial charge on any atom is 0.433 e. The Hall–Kier alpha value is -2.65. The number of halogens is 3. The van der Waals surface area contributed by atoms with Gasteiger partial charge in [0.2, 0.25) is 0 Å². The molecule has 3 heterocycles. The molecule has 134 valence electrons. The molecule has 0 spiro atoms. The first kappa shape index (κ1) is 17.2. The zero-order valence-corrected chi connectivity index (χ0v) is 13.2. The summed E-state index contributed by atoms with van der Waals surface area (Å²) < 4.78 is 40.0. The first-order valence-corrected chi connectivity index (χ1v) is 7.66. The van der Waals surface area contributed by atoms with Gasteiger partial charge >= 0.3 is 17.8 Å². The second-order valence-electron chi connectivity index (χ2n) is 5.91. The van der Waals surface area contributed by atoms with Gasteiger partial charge in [-0.15, -0.1) is 0 Å². The van der Waals surface area contributed by atoms with Gasteiger partial charge in [-0.1, -0.05) is 6.07 Å². The number of rotatable bonds is 3. The summed E-state index contributed by atoms with van der Waals surface area (Å²) in [6.45, 7) is 1.60. The van der Waals surface area contributed by atoms with Crippen molar-refractivity contribution in [1.29, 1.82) is 0 Å². The van der Waals surface area contributed by atoms with E-state index >= 15 is 0 Å². The molecule has 2 aromatic heterocycles. The van der Waals surface area contributed by atoms with Gasteiger partial charge in [0.25, 0.3) is 0 Å². The minimum atomic E-state index is -4.54. The molecule has 0 aromatic carbocycles. The van der Waals surface area contributed by atoms with Crippen LogP contribution in [0.2, 0.25) is 0 Å². The summed E-state index contributed by atoms with van der Waals surface area (Å²) >= 11 is 0.